The van der Waals surface area contributed by atoms with Crippen LogP contribution in [0.5, 0.6) is 0 Å². The number of carbonyl (C=O) groups is 1. The Balaban J connectivity index is 2.06. The van der Waals surface area contributed by atoms with Gasteiger partial charge in [-0.25, -0.2) is 4.39 Å². The maximum Gasteiger partial charge on any atom is 0.315 e. The molecule has 1 aromatic carbocycles. The lowest BCUT2D eigenvalue weighted by Gasteiger charge is -2.05. The van der Waals surface area contributed by atoms with Gasteiger partial charge < -0.3 is 13.7 Å². The van der Waals surface area contributed by atoms with Gasteiger partial charge in [-0.3, -0.25) is 4.79 Å². The number of carbonyl (C=O) groups excluding carboxylic acids is 1. The molecular weight excluding hydrogens is 399 g/mol. The lowest BCUT2D eigenvalue weighted by atomic mass is 10.3. The maximum absolute atomic E-state index is 13.5. The number of fused-ring (bicyclic) bond motifs is 1. The zero-order valence-corrected chi connectivity index (χ0v) is 15.2. The molecule has 0 radical (unpaired) electrons. The first-order chi connectivity index (χ1) is 11.6. The average molecular weight is 413 g/mol. The van der Waals surface area contributed by atoms with E-state index in [2.05, 4.69) is 20.9 Å². The second kappa shape index (κ2) is 7.42. The van der Waals surface area contributed by atoms with Gasteiger partial charge in [-0.2, -0.15) is 4.99 Å². The quantitative estimate of drug-likeness (QED) is 0.595. The van der Waals surface area contributed by atoms with Crippen molar-refractivity contribution in [3.8, 4) is 0 Å². The monoisotopic (exact) mass is 412 g/mol. The molecule has 0 saturated heterocycles. The number of benzene rings is 1. The average Bonchev–Trinajstić information content (AvgIpc) is 3.11. The predicted octanol–water partition coefficient (Wildman–Crippen LogP) is 3.98. The van der Waals surface area contributed by atoms with Crippen molar-refractivity contribution in [1.82, 2.24) is 4.57 Å². The summed E-state index contributed by atoms with van der Waals surface area (Å²) in [5.41, 5.74) is 0.813. The molecule has 2 heterocycles. The summed E-state index contributed by atoms with van der Waals surface area (Å²) >= 11 is 4.41. The Morgan fingerprint density at radius 2 is 2.25 bits per heavy atom. The Bertz CT molecular complexity index is 944. The third kappa shape index (κ3) is 3.66. The van der Waals surface area contributed by atoms with Gasteiger partial charge in [-0.05, 0) is 53.2 Å². The zero-order chi connectivity index (χ0) is 17.1. The van der Waals surface area contributed by atoms with E-state index in [0.717, 1.165) is 10.2 Å². The van der Waals surface area contributed by atoms with E-state index in [1.165, 1.54) is 23.5 Å². The molecule has 0 N–H and O–H groups in total. The minimum absolute atomic E-state index is 0.141. The van der Waals surface area contributed by atoms with Crippen LogP contribution in [0.1, 0.15) is 17.5 Å². The molecule has 24 heavy (non-hydrogen) atoms. The Morgan fingerprint density at radius 3 is 2.96 bits per heavy atom. The van der Waals surface area contributed by atoms with Gasteiger partial charge >= 0.3 is 5.91 Å². The third-order valence-corrected chi connectivity index (χ3v) is 4.76. The van der Waals surface area contributed by atoms with Crippen LogP contribution in [-0.4, -0.2) is 23.7 Å². The van der Waals surface area contributed by atoms with Crippen molar-refractivity contribution < 1.29 is 18.3 Å². The molecule has 0 aliphatic rings. The van der Waals surface area contributed by atoms with Gasteiger partial charge in [0.05, 0.1) is 16.8 Å². The number of hydrogen-bond donors (Lipinski definition) is 0. The van der Waals surface area contributed by atoms with Crippen molar-refractivity contribution in [1.29, 1.82) is 0 Å². The molecule has 0 bridgehead atoms. The molecule has 0 saturated carbocycles. The highest BCUT2D eigenvalue weighted by Crippen LogP contribution is 2.19. The lowest BCUT2D eigenvalue weighted by molar-refractivity contribution is 0.0969. The molecule has 0 spiro atoms. The van der Waals surface area contributed by atoms with Crippen molar-refractivity contribution in [2.75, 3.05) is 13.2 Å². The van der Waals surface area contributed by atoms with Gasteiger partial charge in [-0.15, -0.1) is 0 Å². The standard InChI is InChI=1S/C16H14BrFN2O3S/c1-2-22-8-7-20-11-4-3-10(18)9-13(11)24-16(20)19-15(21)12-5-6-14(17)23-12/h3-6,9H,2,7-8H2,1H3. The number of aromatic nitrogens is 1. The highest BCUT2D eigenvalue weighted by molar-refractivity contribution is 9.10. The Hall–Kier alpha value is -1.77. The molecule has 0 atom stereocenters. The van der Waals surface area contributed by atoms with Crippen LogP contribution in [-0.2, 0) is 11.3 Å². The summed E-state index contributed by atoms with van der Waals surface area (Å²) in [6.07, 6.45) is 0. The number of ether oxygens (including phenoxy) is 1. The summed E-state index contributed by atoms with van der Waals surface area (Å²) in [5, 5.41) is 0. The molecule has 8 heteroatoms. The normalized spacial score (nSPS) is 12.2. The molecule has 126 valence electrons. The predicted molar refractivity (Wildman–Crippen MR) is 92.6 cm³/mol. The minimum Gasteiger partial charge on any atom is -0.444 e. The number of halogens is 2. The van der Waals surface area contributed by atoms with E-state index in [1.54, 1.807) is 18.2 Å². The molecule has 2 aromatic heterocycles. The maximum atomic E-state index is 13.5. The second-order valence-electron chi connectivity index (χ2n) is 4.87. The molecule has 0 aliphatic carbocycles. The van der Waals surface area contributed by atoms with Crippen molar-refractivity contribution in [2.45, 2.75) is 13.5 Å². The van der Waals surface area contributed by atoms with E-state index in [-0.39, 0.29) is 11.6 Å². The van der Waals surface area contributed by atoms with E-state index < -0.39 is 5.91 Å². The van der Waals surface area contributed by atoms with Gasteiger partial charge in [0.25, 0.3) is 0 Å². The van der Waals surface area contributed by atoms with E-state index in [0.29, 0.717) is 29.2 Å². The van der Waals surface area contributed by atoms with Crippen LogP contribution >= 0.6 is 27.3 Å². The molecule has 3 aromatic rings. The number of nitrogens with zero attached hydrogens (tertiary/aromatic N) is 2. The van der Waals surface area contributed by atoms with Crippen LogP contribution in [0, 0.1) is 5.82 Å². The summed E-state index contributed by atoms with van der Waals surface area (Å²) in [4.78, 5) is 16.9. The molecule has 3 rings (SSSR count). The van der Waals surface area contributed by atoms with Gasteiger partial charge in [-0.1, -0.05) is 11.3 Å². The van der Waals surface area contributed by atoms with Crippen LogP contribution in [0.15, 0.2) is 44.4 Å². The summed E-state index contributed by atoms with van der Waals surface area (Å²) in [6, 6.07) is 7.69. The summed E-state index contributed by atoms with van der Waals surface area (Å²) in [6.45, 7) is 3.51. The Labute approximate surface area is 149 Å². The van der Waals surface area contributed by atoms with E-state index in [9.17, 15) is 9.18 Å². The number of amides is 1. The van der Waals surface area contributed by atoms with Crippen LogP contribution in [0.3, 0.4) is 0 Å². The SMILES string of the molecule is CCOCCn1c(=NC(=O)c2ccc(Br)o2)sc2cc(F)ccc21. The zero-order valence-electron chi connectivity index (χ0n) is 12.8. The topological polar surface area (TPSA) is 56.7 Å². The fourth-order valence-corrected chi connectivity index (χ4v) is 3.61. The number of hydrogen-bond acceptors (Lipinski definition) is 4. The van der Waals surface area contributed by atoms with Crippen molar-refractivity contribution in [3.63, 3.8) is 0 Å². The van der Waals surface area contributed by atoms with E-state index in [4.69, 9.17) is 9.15 Å². The highest BCUT2D eigenvalue weighted by Gasteiger charge is 2.12. The van der Waals surface area contributed by atoms with Gasteiger partial charge in [0.1, 0.15) is 5.82 Å². The second-order valence-corrected chi connectivity index (χ2v) is 6.66. The molecule has 0 aliphatic heterocycles. The molecule has 0 unspecified atom stereocenters. The summed E-state index contributed by atoms with van der Waals surface area (Å²) in [5.74, 6) is -0.673. The smallest absolute Gasteiger partial charge is 0.315 e. The summed E-state index contributed by atoms with van der Waals surface area (Å²) < 4.78 is 27.1. The summed E-state index contributed by atoms with van der Waals surface area (Å²) in [7, 11) is 0. The Kier molecular flexibility index (Phi) is 5.27. The number of furan rings is 1. The van der Waals surface area contributed by atoms with E-state index in [1.807, 2.05) is 11.5 Å². The van der Waals surface area contributed by atoms with Crippen molar-refractivity contribution >= 4 is 43.4 Å². The minimum atomic E-state index is -0.488. The van der Waals surface area contributed by atoms with Crippen LogP contribution in [0.4, 0.5) is 4.39 Å². The van der Waals surface area contributed by atoms with E-state index >= 15 is 0 Å². The molecule has 0 fully saturated rings. The Morgan fingerprint density at radius 1 is 1.42 bits per heavy atom. The fourth-order valence-electron chi connectivity index (χ4n) is 2.22. The highest BCUT2D eigenvalue weighted by atomic mass is 79.9. The van der Waals surface area contributed by atoms with Crippen LogP contribution in [0.25, 0.3) is 10.2 Å². The van der Waals surface area contributed by atoms with Crippen molar-refractivity contribution in [2.24, 2.45) is 4.99 Å². The number of rotatable bonds is 5. The first-order valence-electron chi connectivity index (χ1n) is 7.29. The van der Waals surface area contributed by atoms with Crippen LogP contribution < -0.4 is 4.80 Å². The first-order valence-corrected chi connectivity index (χ1v) is 8.90. The number of thiazole rings is 1. The molecule has 5 nitrogen and oxygen atoms in total. The third-order valence-electron chi connectivity index (χ3n) is 3.29. The van der Waals surface area contributed by atoms with Gasteiger partial charge in [0.2, 0.25) is 0 Å². The van der Waals surface area contributed by atoms with Gasteiger partial charge in [0.15, 0.2) is 15.2 Å². The first kappa shape index (κ1) is 17.1. The largest absolute Gasteiger partial charge is 0.444 e. The van der Waals surface area contributed by atoms with Crippen molar-refractivity contribution in [3.05, 3.63) is 51.4 Å². The molecule has 1 amide bonds. The van der Waals surface area contributed by atoms with Crippen LogP contribution in [0.2, 0.25) is 0 Å². The fraction of sp³-hybridized carbons (Fsp3) is 0.250. The van der Waals surface area contributed by atoms with Gasteiger partial charge in [0, 0.05) is 13.2 Å². The lowest BCUT2D eigenvalue weighted by Crippen LogP contribution is -2.19. The molecular formula is C16H14BrFN2O3S.